The number of aromatic nitrogens is 1. The summed E-state index contributed by atoms with van der Waals surface area (Å²) in [5.74, 6) is 0.869. The maximum atomic E-state index is 13.3. The molecule has 9 heteroatoms. The second-order valence-corrected chi connectivity index (χ2v) is 10.1. The van der Waals surface area contributed by atoms with E-state index in [0.29, 0.717) is 30.2 Å². The highest BCUT2D eigenvalue weighted by molar-refractivity contribution is 7.23. The molecule has 2 aromatic carbocycles. The maximum Gasteiger partial charge on any atom is 0.256 e. The average molecular weight is 494 g/mol. The van der Waals surface area contributed by atoms with Crippen LogP contribution in [0.5, 0.6) is 11.5 Å². The second-order valence-electron chi connectivity index (χ2n) is 7.94. The minimum absolute atomic E-state index is 0.0506. The van der Waals surface area contributed by atoms with Gasteiger partial charge in [-0.3, -0.25) is 9.59 Å². The molecule has 1 aliphatic rings. The van der Waals surface area contributed by atoms with Crippen LogP contribution in [0, 0.1) is 0 Å². The first-order valence-corrected chi connectivity index (χ1v) is 12.4. The highest BCUT2D eigenvalue weighted by atomic mass is 32.1. The molecule has 0 atom stereocenters. The third-order valence-corrected chi connectivity index (χ3v) is 8.04. The molecule has 0 bridgehead atoms. The first-order valence-electron chi connectivity index (χ1n) is 10.8. The van der Waals surface area contributed by atoms with Gasteiger partial charge in [-0.15, -0.1) is 22.7 Å². The standard InChI is InChI=1S/C25H23N3O4S2/c1-14(29)28-9-8-18-21(13-28)34-25(22(18)24-26-19-6-4-5-7-20(19)33-24)27-23(30)15-10-16(31-2)12-17(11-15)32-3/h4-7,10-12H,8-9,13H2,1-3H3,(H,27,30). The number of carbonyl (C=O) groups excluding carboxylic acids is 2. The summed E-state index contributed by atoms with van der Waals surface area (Å²) >= 11 is 3.12. The van der Waals surface area contributed by atoms with Crippen molar-refractivity contribution >= 4 is 49.7 Å². The van der Waals surface area contributed by atoms with E-state index in [9.17, 15) is 9.59 Å². The number of carbonyl (C=O) groups is 2. The van der Waals surface area contributed by atoms with Gasteiger partial charge in [0.05, 0.1) is 31.0 Å². The molecule has 4 aromatic rings. The molecule has 0 saturated heterocycles. The van der Waals surface area contributed by atoms with E-state index in [-0.39, 0.29) is 11.8 Å². The zero-order valence-corrected chi connectivity index (χ0v) is 20.6. The van der Waals surface area contributed by atoms with Crippen LogP contribution >= 0.6 is 22.7 Å². The summed E-state index contributed by atoms with van der Waals surface area (Å²) in [5, 5.41) is 4.71. The molecular formula is C25H23N3O4S2. The summed E-state index contributed by atoms with van der Waals surface area (Å²) in [4.78, 5) is 33.1. The number of nitrogens with zero attached hydrogens (tertiary/aromatic N) is 2. The fraction of sp³-hybridized carbons (Fsp3) is 0.240. The van der Waals surface area contributed by atoms with E-state index in [1.807, 2.05) is 29.2 Å². The van der Waals surface area contributed by atoms with Crippen molar-refractivity contribution in [3.8, 4) is 22.1 Å². The number of para-hydroxylation sites is 1. The van der Waals surface area contributed by atoms with Crippen LogP contribution < -0.4 is 14.8 Å². The monoisotopic (exact) mass is 493 g/mol. The van der Waals surface area contributed by atoms with Crippen molar-refractivity contribution < 1.29 is 19.1 Å². The van der Waals surface area contributed by atoms with Crippen LogP contribution in [0.15, 0.2) is 42.5 Å². The number of hydrogen-bond donors (Lipinski definition) is 1. The molecule has 1 N–H and O–H groups in total. The lowest BCUT2D eigenvalue weighted by Crippen LogP contribution is -2.33. The van der Waals surface area contributed by atoms with Crippen molar-refractivity contribution in [2.24, 2.45) is 0 Å². The molecule has 7 nitrogen and oxygen atoms in total. The van der Waals surface area contributed by atoms with E-state index >= 15 is 0 Å². The molecule has 0 saturated carbocycles. The van der Waals surface area contributed by atoms with Gasteiger partial charge >= 0.3 is 0 Å². The number of thiophene rings is 1. The number of methoxy groups -OCH3 is 2. The number of anilines is 1. The Morgan fingerprint density at radius 2 is 1.79 bits per heavy atom. The van der Waals surface area contributed by atoms with Gasteiger partial charge in [-0.05, 0) is 36.2 Å². The third kappa shape index (κ3) is 4.12. The molecule has 2 aromatic heterocycles. The lowest BCUT2D eigenvalue weighted by molar-refractivity contribution is -0.129. The molecule has 34 heavy (non-hydrogen) atoms. The van der Waals surface area contributed by atoms with E-state index < -0.39 is 0 Å². The number of rotatable bonds is 5. The van der Waals surface area contributed by atoms with Gasteiger partial charge in [-0.2, -0.15) is 0 Å². The van der Waals surface area contributed by atoms with Gasteiger partial charge in [-0.25, -0.2) is 4.98 Å². The van der Waals surface area contributed by atoms with Crippen LogP contribution in [0.2, 0.25) is 0 Å². The summed E-state index contributed by atoms with van der Waals surface area (Å²) in [6.07, 6.45) is 0.722. The molecule has 1 aliphatic heterocycles. The zero-order chi connectivity index (χ0) is 23.8. The number of amides is 2. The lowest BCUT2D eigenvalue weighted by atomic mass is 10.0. The largest absolute Gasteiger partial charge is 0.497 e. The van der Waals surface area contributed by atoms with Gasteiger partial charge in [0, 0.05) is 35.5 Å². The van der Waals surface area contributed by atoms with Crippen molar-refractivity contribution in [1.29, 1.82) is 0 Å². The molecule has 0 radical (unpaired) electrons. The smallest absolute Gasteiger partial charge is 0.256 e. The lowest BCUT2D eigenvalue weighted by Gasteiger charge is -2.26. The molecule has 0 spiro atoms. The van der Waals surface area contributed by atoms with E-state index in [0.717, 1.165) is 42.7 Å². The summed E-state index contributed by atoms with van der Waals surface area (Å²) in [5.41, 5.74) is 3.47. The molecule has 0 fully saturated rings. The molecule has 3 heterocycles. The first kappa shape index (κ1) is 22.4. The Hall–Kier alpha value is -3.43. The quantitative estimate of drug-likeness (QED) is 0.413. The van der Waals surface area contributed by atoms with Crippen LogP contribution in [0.3, 0.4) is 0 Å². The molecule has 2 amide bonds. The van der Waals surface area contributed by atoms with Crippen molar-refractivity contribution in [3.63, 3.8) is 0 Å². The average Bonchev–Trinajstić information content (AvgIpc) is 3.43. The fourth-order valence-corrected chi connectivity index (χ4v) is 6.45. The van der Waals surface area contributed by atoms with Crippen molar-refractivity contribution in [2.45, 2.75) is 19.9 Å². The highest BCUT2D eigenvalue weighted by Crippen LogP contribution is 2.46. The topological polar surface area (TPSA) is 80.8 Å². The highest BCUT2D eigenvalue weighted by Gasteiger charge is 2.29. The van der Waals surface area contributed by atoms with Gasteiger partial charge in [0.2, 0.25) is 5.91 Å². The van der Waals surface area contributed by atoms with E-state index in [1.165, 1.54) is 11.3 Å². The number of nitrogens with one attached hydrogen (secondary N) is 1. The van der Waals surface area contributed by atoms with Crippen LogP contribution in [0.4, 0.5) is 5.00 Å². The normalized spacial score (nSPS) is 13.0. The molecule has 5 rings (SSSR count). The van der Waals surface area contributed by atoms with E-state index in [4.69, 9.17) is 14.5 Å². The number of ether oxygens (including phenoxy) is 2. The van der Waals surface area contributed by atoms with Crippen LogP contribution in [0.1, 0.15) is 27.7 Å². The Morgan fingerprint density at radius 1 is 1.06 bits per heavy atom. The zero-order valence-electron chi connectivity index (χ0n) is 19.0. The molecule has 0 unspecified atom stereocenters. The molecular weight excluding hydrogens is 470 g/mol. The first-order chi connectivity index (χ1) is 16.5. The summed E-state index contributed by atoms with van der Waals surface area (Å²) in [6.45, 7) is 2.78. The minimum atomic E-state index is -0.262. The summed E-state index contributed by atoms with van der Waals surface area (Å²) < 4.78 is 11.7. The molecule has 174 valence electrons. The SMILES string of the molecule is COc1cc(OC)cc(C(=O)Nc2sc3c(c2-c2nc4ccccc4s2)CCN(C(C)=O)C3)c1. The second kappa shape index (κ2) is 9.08. The Kier molecular flexibility index (Phi) is 5.97. The van der Waals surface area contributed by atoms with E-state index in [2.05, 4.69) is 5.32 Å². The predicted octanol–water partition coefficient (Wildman–Crippen LogP) is 5.20. The van der Waals surface area contributed by atoms with Crippen LogP contribution in [-0.2, 0) is 17.8 Å². The number of hydrogen-bond acceptors (Lipinski definition) is 7. The summed E-state index contributed by atoms with van der Waals surface area (Å²) in [6, 6.07) is 13.1. The third-order valence-electron chi connectivity index (χ3n) is 5.85. The molecule has 0 aliphatic carbocycles. The van der Waals surface area contributed by atoms with Crippen LogP contribution in [0.25, 0.3) is 20.8 Å². The Labute approximate surface area is 205 Å². The Balaban J connectivity index is 1.58. The van der Waals surface area contributed by atoms with Crippen LogP contribution in [-0.4, -0.2) is 42.5 Å². The van der Waals surface area contributed by atoms with Gasteiger partial charge in [0.1, 0.15) is 21.5 Å². The fourth-order valence-electron chi connectivity index (χ4n) is 4.08. The Morgan fingerprint density at radius 3 is 2.47 bits per heavy atom. The van der Waals surface area contributed by atoms with Crippen molar-refractivity contribution in [3.05, 3.63) is 58.5 Å². The summed E-state index contributed by atoms with van der Waals surface area (Å²) in [7, 11) is 3.10. The van der Waals surface area contributed by atoms with Gasteiger partial charge < -0.3 is 19.7 Å². The van der Waals surface area contributed by atoms with Crippen molar-refractivity contribution in [1.82, 2.24) is 9.88 Å². The van der Waals surface area contributed by atoms with Gasteiger partial charge in [0.25, 0.3) is 5.91 Å². The number of fused-ring (bicyclic) bond motifs is 2. The predicted molar refractivity (Wildman–Crippen MR) is 135 cm³/mol. The maximum absolute atomic E-state index is 13.3. The minimum Gasteiger partial charge on any atom is -0.497 e. The number of benzene rings is 2. The number of thiazole rings is 1. The Bertz CT molecular complexity index is 1350. The van der Waals surface area contributed by atoms with Gasteiger partial charge in [0.15, 0.2) is 0 Å². The van der Waals surface area contributed by atoms with E-state index in [1.54, 1.807) is 50.7 Å². The van der Waals surface area contributed by atoms with Gasteiger partial charge in [-0.1, -0.05) is 12.1 Å². The van der Waals surface area contributed by atoms with Crippen molar-refractivity contribution in [2.75, 3.05) is 26.1 Å².